The fraction of sp³-hybridized carbons (Fsp3) is 0.185. The van der Waals surface area contributed by atoms with Gasteiger partial charge in [0, 0.05) is 41.0 Å². The Morgan fingerprint density at radius 1 is 0.944 bits per heavy atom. The van der Waals surface area contributed by atoms with Crippen molar-refractivity contribution in [1.82, 2.24) is 29.9 Å². The molecule has 5 aromatic rings. The van der Waals surface area contributed by atoms with Gasteiger partial charge in [0.2, 0.25) is 0 Å². The zero-order chi connectivity index (χ0) is 24.7. The maximum atomic E-state index is 6.10. The third-order valence-electron chi connectivity index (χ3n) is 6.10. The second-order valence-electron chi connectivity index (χ2n) is 9.61. The molecule has 36 heavy (non-hydrogen) atoms. The van der Waals surface area contributed by atoms with Crippen molar-refractivity contribution in [2.24, 2.45) is 5.41 Å². The summed E-state index contributed by atoms with van der Waals surface area (Å²) in [4.78, 5) is 13.2. The maximum absolute atomic E-state index is 6.10. The Morgan fingerprint density at radius 3 is 2.64 bits per heavy atom. The first-order valence-electron chi connectivity index (χ1n) is 11.8. The van der Waals surface area contributed by atoms with Gasteiger partial charge in [0.05, 0.1) is 11.3 Å². The summed E-state index contributed by atoms with van der Waals surface area (Å²) in [6, 6.07) is 15.8. The molecule has 3 N–H and O–H groups in total. The highest BCUT2D eigenvalue weighted by molar-refractivity contribution is 5.93. The van der Waals surface area contributed by atoms with Crippen molar-refractivity contribution in [3.05, 3.63) is 84.8 Å². The van der Waals surface area contributed by atoms with Crippen LogP contribution in [0, 0.1) is 12.3 Å². The average Bonchev–Trinajstić information content (AvgIpc) is 3.46. The van der Waals surface area contributed by atoms with Crippen molar-refractivity contribution < 1.29 is 4.74 Å². The number of anilines is 3. The number of aromatic nitrogens is 5. The van der Waals surface area contributed by atoms with Crippen LogP contribution in [0.5, 0.6) is 11.5 Å². The third-order valence-corrected chi connectivity index (χ3v) is 6.10. The molecule has 0 spiro atoms. The minimum Gasteiger partial charge on any atom is -0.457 e. The monoisotopic (exact) mass is 478 g/mol. The molecule has 0 radical (unpaired) electrons. The molecule has 3 aromatic heterocycles. The highest BCUT2D eigenvalue weighted by atomic mass is 16.5. The molecular formula is C27H26N8O. The van der Waals surface area contributed by atoms with Crippen LogP contribution in [0.2, 0.25) is 0 Å². The lowest BCUT2D eigenvalue weighted by molar-refractivity contribution is 0.478. The molecule has 0 unspecified atom stereocenters. The van der Waals surface area contributed by atoms with Gasteiger partial charge in [-0.2, -0.15) is 5.10 Å². The fourth-order valence-corrected chi connectivity index (χ4v) is 4.25. The molecule has 0 aliphatic carbocycles. The normalized spacial score (nSPS) is 14.5. The second-order valence-corrected chi connectivity index (χ2v) is 9.61. The molecule has 2 aromatic carbocycles. The number of ether oxygens (including phenoxy) is 1. The van der Waals surface area contributed by atoms with E-state index in [1.54, 1.807) is 10.8 Å². The molecule has 1 aliphatic rings. The summed E-state index contributed by atoms with van der Waals surface area (Å²) in [5, 5.41) is 15.4. The van der Waals surface area contributed by atoms with Gasteiger partial charge in [-0.25, -0.2) is 19.5 Å². The Labute approximate surface area is 208 Å². The molecule has 0 fully saturated rings. The molecular weight excluding hydrogens is 452 g/mol. The largest absolute Gasteiger partial charge is 0.457 e. The highest BCUT2D eigenvalue weighted by Gasteiger charge is 2.22. The minimum absolute atomic E-state index is 0.131. The Balaban J connectivity index is 1.23. The van der Waals surface area contributed by atoms with E-state index in [-0.39, 0.29) is 5.41 Å². The number of nitrogens with one attached hydrogen (secondary N) is 3. The van der Waals surface area contributed by atoms with E-state index in [2.05, 4.69) is 62.0 Å². The molecule has 9 heteroatoms. The van der Waals surface area contributed by atoms with Crippen LogP contribution in [0.1, 0.15) is 19.4 Å². The van der Waals surface area contributed by atoms with Gasteiger partial charge in [0.25, 0.3) is 0 Å². The van der Waals surface area contributed by atoms with Gasteiger partial charge >= 0.3 is 0 Å². The summed E-state index contributed by atoms with van der Waals surface area (Å²) in [6.07, 6.45) is 7.14. The number of pyridine rings is 1. The molecule has 9 nitrogen and oxygen atoms in total. The Morgan fingerprint density at radius 2 is 1.81 bits per heavy atom. The average molecular weight is 479 g/mol. The number of rotatable bonds is 6. The van der Waals surface area contributed by atoms with E-state index in [0.717, 1.165) is 57.4 Å². The van der Waals surface area contributed by atoms with E-state index in [9.17, 15) is 0 Å². The Hall–Kier alpha value is -4.66. The van der Waals surface area contributed by atoms with Crippen LogP contribution < -0.4 is 20.7 Å². The van der Waals surface area contributed by atoms with Gasteiger partial charge < -0.3 is 20.7 Å². The molecule has 0 saturated heterocycles. The molecule has 0 saturated carbocycles. The molecule has 4 heterocycles. The predicted molar refractivity (Wildman–Crippen MR) is 141 cm³/mol. The van der Waals surface area contributed by atoms with Crippen LogP contribution >= 0.6 is 0 Å². The number of benzene rings is 2. The summed E-state index contributed by atoms with van der Waals surface area (Å²) in [5.41, 5.74) is 4.61. The summed E-state index contributed by atoms with van der Waals surface area (Å²) >= 11 is 0. The number of nitrogens with zero attached hydrogens (tertiary/aromatic N) is 5. The van der Waals surface area contributed by atoms with Gasteiger partial charge in [0.1, 0.15) is 30.0 Å². The van der Waals surface area contributed by atoms with Crippen molar-refractivity contribution in [3.63, 3.8) is 0 Å². The van der Waals surface area contributed by atoms with Crippen LogP contribution in [0.25, 0.3) is 16.6 Å². The van der Waals surface area contributed by atoms with Crippen molar-refractivity contribution in [2.75, 3.05) is 17.2 Å². The van der Waals surface area contributed by atoms with Gasteiger partial charge in [-0.1, -0.05) is 13.8 Å². The predicted octanol–water partition coefficient (Wildman–Crippen LogP) is 5.40. The van der Waals surface area contributed by atoms with E-state index < -0.39 is 0 Å². The van der Waals surface area contributed by atoms with E-state index in [4.69, 9.17) is 4.74 Å². The van der Waals surface area contributed by atoms with Crippen molar-refractivity contribution >= 4 is 33.7 Å². The van der Waals surface area contributed by atoms with E-state index in [1.807, 2.05) is 55.6 Å². The summed E-state index contributed by atoms with van der Waals surface area (Å²) in [6.45, 7) is 7.34. The first-order chi connectivity index (χ1) is 17.4. The quantitative estimate of drug-likeness (QED) is 0.298. The van der Waals surface area contributed by atoms with Gasteiger partial charge in [-0.3, -0.25) is 0 Å². The zero-order valence-corrected chi connectivity index (χ0v) is 20.3. The zero-order valence-electron chi connectivity index (χ0n) is 20.3. The van der Waals surface area contributed by atoms with Crippen LogP contribution in [0.3, 0.4) is 0 Å². The summed E-state index contributed by atoms with van der Waals surface area (Å²) in [7, 11) is 0. The molecule has 0 amide bonds. The minimum atomic E-state index is 0.131. The third kappa shape index (κ3) is 4.38. The summed E-state index contributed by atoms with van der Waals surface area (Å²) < 4.78 is 7.80. The highest BCUT2D eigenvalue weighted by Crippen LogP contribution is 2.31. The van der Waals surface area contributed by atoms with Crippen LogP contribution in [-0.4, -0.2) is 31.1 Å². The van der Waals surface area contributed by atoms with E-state index >= 15 is 0 Å². The molecule has 1 aliphatic heterocycles. The second kappa shape index (κ2) is 8.53. The molecule has 0 atom stereocenters. The molecule has 180 valence electrons. The van der Waals surface area contributed by atoms with Gasteiger partial charge in [0.15, 0.2) is 5.65 Å². The van der Waals surface area contributed by atoms with Crippen molar-refractivity contribution in [1.29, 1.82) is 0 Å². The van der Waals surface area contributed by atoms with Gasteiger partial charge in [-0.05, 0) is 61.0 Å². The Kier molecular flexibility index (Phi) is 5.18. The first kappa shape index (κ1) is 21.8. The van der Waals surface area contributed by atoms with Crippen LogP contribution in [0.4, 0.5) is 17.2 Å². The molecule has 6 rings (SSSR count). The van der Waals surface area contributed by atoms with E-state index in [0.29, 0.717) is 5.75 Å². The number of fused-ring (bicyclic) bond motifs is 2. The number of aryl methyl sites for hydroxylation is 1. The topological polar surface area (TPSA) is 101 Å². The van der Waals surface area contributed by atoms with Crippen molar-refractivity contribution in [3.8, 4) is 11.5 Å². The first-order valence-corrected chi connectivity index (χ1v) is 11.8. The number of hydrogen-bond donors (Lipinski definition) is 3. The lowest BCUT2D eigenvalue weighted by Crippen LogP contribution is -2.20. The fourth-order valence-electron chi connectivity index (χ4n) is 4.25. The Bertz CT molecular complexity index is 1620. The van der Waals surface area contributed by atoms with Crippen LogP contribution in [0.15, 0.2) is 79.3 Å². The maximum Gasteiger partial charge on any atom is 0.158 e. The molecule has 0 bridgehead atoms. The van der Waals surface area contributed by atoms with E-state index in [1.165, 1.54) is 6.33 Å². The summed E-state index contributed by atoms with van der Waals surface area (Å²) in [5.74, 6) is 3.22. The SMILES string of the molecule is Cc1cc(Nc2ncnc3ccc(NC4=CC(C)(C)CN4)cc23)ccc1Oc1ccn2ncnc2c1. The smallest absolute Gasteiger partial charge is 0.158 e. The van der Waals surface area contributed by atoms with Crippen LogP contribution in [-0.2, 0) is 0 Å². The lowest BCUT2D eigenvalue weighted by atomic mass is 9.96. The standard InChI is InChI=1S/C27H26N8O/c1-17-10-18(5-7-23(17)36-20-8-9-35-25(12-20)30-16-32-35)34-26-21-11-19(4-6-22(21)29-15-31-26)33-24-13-27(2,3)14-28-24/h4-13,15-16,28,33H,14H2,1-3H3,(H,29,31,34). The van der Waals surface area contributed by atoms with Crippen molar-refractivity contribution in [2.45, 2.75) is 20.8 Å². The van der Waals surface area contributed by atoms with Gasteiger partial charge in [-0.15, -0.1) is 0 Å². The number of hydrogen-bond acceptors (Lipinski definition) is 8. The lowest BCUT2D eigenvalue weighted by Gasteiger charge is -2.13.